The van der Waals surface area contributed by atoms with Gasteiger partial charge in [0.15, 0.2) is 16.7 Å². The number of primary amides is 1. The van der Waals surface area contributed by atoms with Crippen LogP contribution in [0.15, 0.2) is 35.3 Å². The molecular weight excluding hydrogens is 507 g/mol. The van der Waals surface area contributed by atoms with Gasteiger partial charge in [-0.1, -0.05) is 41.6 Å². The number of ether oxygens (including phenoxy) is 1. The van der Waals surface area contributed by atoms with Crippen molar-refractivity contribution in [3.8, 4) is 0 Å². The average molecular weight is 541 g/mol. The largest absolute Gasteiger partial charge is 0.364 e. The third kappa shape index (κ3) is 9.47. The van der Waals surface area contributed by atoms with Gasteiger partial charge in [-0.05, 0) is 45.1 Å². The number of unbranched alkanes of at least 4 members (excludes halogenated alkanes) is 2. The Morgan fingerprint density at radius 2 is 1.83 bits per heavy atom. The van der Waals surface area contributed by atoms with E-state index >= 15 is 0 Å². The zero-order chi connectivity index (χ0) is 26.4. The lowest BCUT2D eigenvalue weighted by Crippen LogP contribution is -2.28. The fourth-order valence-electron chi connectivity index (χ4n) is 3.04. The minimum atomic E-state index is -3.04. The molecule has 14 heteroatoms. The lowest BCUT2D eigenvalue weighted by Gasteiger charge is -2.16. The van der Waals surface area contributed by atoms with Gasteiger partial charge in [0.2, 0.25) is 0 Å². The van der Waals surface area contributed by atoms with Gasteiger partial charge in [0.05, 0.1) is 19.4 Å². The fourth-order valence-corrected chi connectivity index (χ4v) is 5.14. The maximum absolute atomic E-state index is 12.5. The summed E-state index contributed by atoms with van der Waals surface area (Å²) in [5.41, 5.74) is 5.75. The van der Waals surface area contributed by atoms with E-state index < -0.39 is 13.5 Å². The third-order valence-electron chi connectivity index (χ3n) is 4.69. The van der Waals surface area contributed by atoms with Gasteiger partial charge in [-0.25, -0.2) is 9.67 Å². The molecule has 0 atom stereocenters. The van der Waals surface area contributed by atoms with Gasteiger partial charge < -0.3 is 24.8 Å². The first kappa shape index (κ1) is 29.7. The van der Waals surface area contributed by atoms with Crippen LogP contribution in [0.2, 0.25) is 0 Å². The summed E-state index contributed by atoms with van der Waals surface area (Å²) in [4.78, 5) is 28.7. The van der Waals surface area contributed by atoms with E-state index in [9.17, 15) is 14.2 Å². The minimum absolute atomic E-state index is 0.0240. The number of benzene rings is 1. The van der Waals surface area contributed by atoms with E-state index in [1.165, 1.54) is 16.4 Å². The first-order valence-electron chi connectivity index (χ1n) is 11.5. The lowest BCUT2D eigenvalue weighted by atomic mass is 10.2. The number of rotatable bonds is 15. The van der Waals surface area contributed by atoms with E-state index in [-0.39, 0.29) is 29.3 Å². The zero-order valence-electron chi connectivity index (χ0n) is 20.7. The fraction of sp³-hybridized carbons (Fsp3) is 0.500. The highest BCUT2D eigenvalue weighted by atomic mass is 32.2. The van der Waals surface area contributed by atoms with Gasteiger partial charge in [0, 0.05) is 12.2 Å². The second kappa shape index (κ2) is 15.5. The van der Waals surface area contributed by atoms with Crippen molar-refractivity contribution in [3.05, 3.63) is 41.6 Å². The summed E-state index contributed by atoms with van der Waals surface area (Å²) in [7, 11) is -3.04. The summed E-state index contributed by atoms with van der Waals surface area (Å²) in [6, 6.07) is 8.66. The summed E-state index contributed by atoms with van der Waals surface area (Å²) in [6.07, 6.45) is 4.22. The maximum Gasteiger partial charge on any atom is 0.330 e. The van der Waals surface area contributed by atoms with Gasteiger partial charge in [-0.2, -0.15) is 0 Å². The Balaban J connectivity index is 1.95. The number of nitrogens with one attached hydrogen (secondary N) is 1. The highest BCUT2D eigenvalue weighted by molar-refractivity contribution is 8.13. The van der Waals surface area contributed by atoms with Crippen molar-refractivity contribution in [3.63, 3.8) is 0 Å². The zero-order valence-corrected chi connectivity index (χ0v) is 22.4. The SMILES string of the molecule is CCOP(=O)(CCCCCOCn1nnc(C(N)=O)c1/N=C(/NC(=O)c1ccccc1)SC)OCC. The number of carbonyl (C=O) groups is 2. The summed E-state index contributed by atoms with van der Waals surface area (Å²) in [5.74, 6) is -1.07. The van der Waals surface area contributed by atoms with Crippen molar-refractivity contribution in [1.82, 2.24) is 20.3 Å². The van der Waals surface area contributed by atoms with Gasteiger partial charge in [0.1, 0.15) is 6.73 Å². The Bertz CT molecular complexity index is 1050. The molecule has 2 amide bonds. The van der Waals surface area contributed by atoms with Crippen LogP contribution in [-0.4, -0.2) is 64.2 Å². The van der Waals surface area contributed by atoms with Gasteiger partial charge in [-0.15, -0.1) is 5.10 Å². The van der Waals surface area contributed by atoms with E-state index in [4.69, 9.17) is 19.5 Å². The summed E-state index contributed by atoms with van der Waals surface area (Å²) >= 11 is 1.18. The van der Waals surface area contributed by atoms with E-state index in [1.807, 2.05) is 6.07 Å². The molecule has 0 aliphatic rings. The molecule has 0 radical (unpaired) electrons. The lowest BCUT2D eigenvalue weighted by molar-refractivity contribution is 0.0660. The monoisotopic (exact) mass is 540 g/mol. The van der Waals surface area contributed by atoms with Crippen LogP contribution in [-0.2, 0) is 25.1 Å². The van der Waals surface area contributed by atoms with Crippen LogP contribution in [0, 0.1) is 0 Å². The molecule has 0 aliphatic heterocycles. The summed E-state index contributed by atoms with van der Waals surface area (Å²) < 4.78 is 30.0. The molecule has 2 aromatic rings. The number of carbonyl (C=O) groups excluding carboxylic acids is 2. The molecule has 2 rings (SSSR count). The Hall–Kier alpha value is -2.57. The number of thioether (sulfide) groups is 1. The highest BCUT2D eigenvalue weighted by Crippen LogP contribution is 2.48. The topological polar surface area (TPSA) is 160 Å². The normalized spacial score (nSPS) is 12.0. The highest BCUT2D eigenvalue weighted by Gasteiger charge is 2.22. The second-order valence-electron chi connectivity index (χ2n) is 7.33. The van der Waals surface area contributed by atoms with Crippen molar-refractivity contribution in [2.45, 2.75) is 39.8 Å². The molecule has 0 spiro atoms. The van der Waals surface area contributed by atoms with Gasteiger partial charge >= 0.3 is 7.60 Å². The Kier molecular flexibility index (Phi) is 12.8. The van der Waals surface area contributed by atoms with Crippen LogP contribution in [0.5, 0.6) is 0 Å². The second-order valence-corrected chi connectivity index (χ2v) is 10.3. The molecule has 0 fully saturated rings. The van der Waals surface area contributed by atoms with E-state index in [1.54, 1.807) is 44.4 Å². The molecular formula is C22H33N6O6PS. The summed E-state index contributed by atoms with van der Waals surface area (Å²) in [5, 5.41) is 10.7. The number of nitrogens with two attached hydrogens (primary N) is 1. The molecule has 0 aliphatic carbocycles. The smallest absolute Gasteiger partial charge is 0.330 e. The van der Waals surface area contributed by atoms with Crippen LogP contribution < -0.4 is 11.1 Å². The molecule has 36 heavy (non-hydrogen) atoms. The van der Waals surface area contributed by atoms with Crippen molar-refractivity contribution in [2.24, 2.45) is 10.7 Å². The Morgan fingerprint density at radius 3 is 2.44 bits per heavy atom. The molecule has 198 valence electrons. The summed E-state index contributed by atoms with van der Waals surface area (Å²) in [6.45, 7) is 4.61. The first-order chi connectivity index (χ1) is 17.3. The predicted octanol–water partition coefficient (Wildman–Crippen LogP) is 3.57. The molecule has 12 nitrogen and oxygen atoms in total. The molecule has 0 bridgehead atoms. The molecule has 1 aromatic carbocycles. The Labute approximate surface area is 214 Å². The van der Waals surface area contributed by atoms with E-state index in [0.717, 1.165) is 6.42 Å². The number of amides is 2. The quantitative estimate of drug-likeness (QED) is 0.149. The number of aromatic nitrogens is 3. The number of aliphatic imine (C=N–C) groups is 1. The Morgan fingerprint density at radius 1 is 1.14 bits per heavy atom. The van der Waals surface area contributed by atoms with Crippen molar-refractivity contribution >= 4 is 42.2 Å². The van der Waals surface area contributed by atoms with Gasteiger partial charge in [0.25, 0.3) is 11.8 Å². The third-order valence-corrected chi connectivity index (χ3v) is 7.43. The van der Waals surface area contributed by atoms with E-state index in [2.05, 4.69) is 20.6 Å². The van der Waals surface area contributed by atoms with E-state index in [0.29, 0.717) is 44.4 Å². The number of amidine groups is 1. The van der Waals surface area contributed by atoms with Crippen molar-refractivity contribution < 1.29 is 27.9 Å². The van der Waals surface area contributed by atoms with Crippen LogP contribution in [0.3, 0.4) is 0 Å². The van der Waals surface area contributed by atoms with Crippen LogP contribution in [0.25, 0.3) is 0 Å². The van der Waals surface area contributed by atoms with Crippen LogP contribution in [0.1, 0.15) is 54.0 Å². The predicted molar refractivity (Wildman–Crippen MR) is 139 cm³/mol. The van der Waals surface area contributed by atoms with Gasteiger partial charge in [-0.3, -0.25) is 14.2 Å². The maximum atomic E-state index is 12.5. The molecule has 1 heterocycles. The average Bonchev–Trinajstić information content (AvgIpc) is 3.26. The van der Waals surface area contributed by atoms with Crippen molar-refractivity contribution in [1.29, 1.82) is 0 Å². The first-order valence-corrected chi connectivity index (χ1v) is 14.5. The molecule has 0 saturated heterocycles. The molecule has 1 aromatic heterocycles. The molecule has 0 saturated carbocycles. The van der Waals surface area contributed by atoms with Crippen LogP contribution >= 0.6 is 19.4 Å². The minimum Gasteiger partial charge on any atom is -0.364 e. The number of hydrogen-bond donors (Lipinski definition) is 2. The van der Waals surface area contributed by atoms with Crippen LogP contribution in [0.4, 0.5) is 5.82 Å². The van der Waals surface area contributed by atoms with Crippen molar-refractivity contribution in [2.75, 3.05) is 32.2 Å². The number of nitrogens with zero attached hydrogens (tertiary/aromatic N) is 4. The number of hydrogen-bond acceptors (Lipinski definition) is 10. The molecule has 0 unspecified atom stereocenters. The standard InChI is InChI=1S/C22H33N6O6PS/c1-4-33-35(31,34-5-2)15-11-7-10-14-32-16-28-20(18(19(23)29)26-27-28)24-22(36-3)25-21(30)17-12-8-6-9-13-17/h6,8-9,12-13H,4-5,7,10-11,14-16H2,1-3H3,(H2,23,29)(H,24,25,30). The molecule has 3 N–H and O–H groups in total.